The maximum absolute atomic E-state index is 4.51. The van der Waals surface area contributed by atoms with Crippen LogP contribution in [0.3, 0.4) is 0 Å². The number of aromatic nitrogens is 4. The highest BCUT2D eigenvalue weighted by molar-refractivity contribution is 6.06. The van der Waals surface area contributed by atoms with Crippen LogP contribution in [0.25, 0.3) is 77.7 Å². The quantitative estimate of drug-likeness (QED) is 0.183. The molecule has 0 radical (unpaired) electrons. The lowest BCUT2D eigenvalue weighted by atomic mass is 9.67. The number of benzene rings is 6. The second-order valence-electron chi connectivity index (χ2n) is 14.3. The van der Waals surface area contributed by atoms with E-state index >= 15 is 0 Å². The summed E-state index contributed by atoms with van der Waals surface area (Å²) in [4.78, 5) is 17.3. The van der Waals surface area contributed by atoms with Crippen molar-refractivity contribution in [3.8, 4) is 66.9 Å². The normalized spacial score (nSPS) is 14.3. The van der Waals surface area contributed by atoms with E-state index < -0.39 is 0 Å². The Balaban J connectivity index is 1.12. The third kappa shape index (κ3) is 5.05. The van der Waals surface area contributed by atoms with Crippen molar-refractivity contribution < 1.29 is 0 Å². The SMILES string of the molecule is c1cc(-c2cc(-c3cncnc3)cc(-c3ccc(-c4ccc5c(c4)C4(CCCCC4)c4ccccc4-5)c4ccccc34)c2)cc(-c2ccncn2)c1. The number of rotatable bonds is 5. The third-order valence-corrected chi connectivity index (χ3v) is 11.4. The molecule has 0 saturated heterocycles. The molecule has 4 heteroatoms. The molecule has 10 rings (SSSR count). The number of hydrogen-bond acceptors (Lipinski definition) is 4. The maximum atomic E-state index is 4.51. The molecular weight excluding hydrogens is 633 g/mol. The average Bonchev–Trinajstić information content (AvgIpc) is 3.49. The molecule has 0 atom stereocenters. The molecular formula is C48H36N4. The lowest BCUT2D eigenvalue weighted by molar-refractivity contribution is 0.353. The van der Waals surface area contributed by atoms with Crippen LogP contribution >= 0.6 is 0 Å². The number of hydrogen-bond donors (Lipinski definition) is 0. The molecule has 1 fully saturated rings. The van der Waals surface area contributed by atoms with Crippen molar-refractivity contribution >= 4 is 10.8 Å². The van der Waals surface area contributed by atoms with Crippen molar-refractivity contribution in [1.29, 1.82) is 0 Å². The molecule has 1 spiro atoms. The first-order chi connectivity index (χ1) is 25.7. The molecule has 2 aliphatic rings. The Bertz CT molecular complexity index is 2610. The monoisotopic (exact) mass is 668 g/mol. The van der Waals surface area contributed by atoms with Gasteiger partial charge in [-0.25, -0.2) is 19.9 Å². The van der Waals surface area contributed by atoms with E-state index in [9.17, 15) is 0 Å². The van der Waals surface area contributed by atoms with Crippen LogP contribution in [0.15, 0.2) is 159 Å². The van der Waals surface area contributed by atoms with Gasteiger partial charge in [-0.3, -0.25) is 0 Å². The van der Waals surface area contributed by atoms with Gasteiger partial charge in [-0.2, -0.15) is 0 Å². The Morgan fingerprint density at radius 1 is 0.404 bits per heavy atom. The van der Waals surface area contributed by atoms with Gasteiger partial charge in [-0.05, 0) is 121 Å². The summed E-state index contributed by atoms with van der Waals surface area (Å²) in [5.74, 6) is 0. The molecule has 248 valence electrons. The average molecular weight is 669 g/mol. The summed E-state index contributed by atoms with van der Waals surface area (Å²) in [6, 6.07) is 47.3. The predicted molar refractivity (Wildman–Crippen MR) is 212 cm³/mol. The van der Waals surface area contributed by atoms with Gasteiger partial charge in [0.1, 0.15) is 12.7 Å². The van der Waals surface area contributed by atoms with Crippen molar-refractivity contribution in [2.75, 3.05) is 0 Å². The van der Waals surface area contributed by atoms with E-state index in [1.165, 1.54) is 81.8 Å². The van der Waals surface area contributed by atoms with Crippen LogP contribution in [-0.4, -0.2) is 19.9 Å². The molecule has 0 aliphatic heterocycles. The maximum Gasteiger partial charge on any atom is 0.116 e. The highest BCUT2D eigenvalue weighted by Gasteiger charge is 2.43. The minimum atomic E-state index is 0.124. The molecule has 4 nitrogen and oxygen atoms in total. The Kier molecular flexibility index (Phi) is 7.35. The van der Waals surface area contributed by atoms with Gasteiger partial charge in [0.15, 0.2) is 0 Å². The minimum absolute atomic E-state index is 0.124. The fourth-order valence-corrected chi connectivity index (χ4v) is 9.00. The van der Waals surface area contributed by atoms with Crippen LogP contribution in [0, 0.1) is 0 Å². The van der Waals surface area contributed by atoms with Crippen LogP contribution < -0.4 is 0 Å². The zero-order valence-corrected chi connectivity index (χ0v) is 28.8. The summed E-state index contributed by atoms with van der Waals surface area (Å²) >= 11 is 0. The summed E-state index contributed by atoms with van der Waals surface area (Å²) in [6.45, 7) is 0. The molecule has 2 aliphatic carbocycles. The van der Waals surface area contributed by atoms with Crippen molar-refractivity contribution in [1.82, 2.24) is 19.9 Å². The van der Waals surface area contributed by atoms with Gasteiger partial charge < -0.3 is 0 Å². The lowest BCUT2D eigenvalue weighted by Crippen LogP contribution is -2.28. The third-order valence-electron chi connectivity index (χ3n) is 11.4. The molecule has 0 unspecified atom stereocenters. The van der Waals surface area contributed by atoms with Crippen LogP contribution in [0.4, 0.5) is 0 Å². The van der Waals surface area contributed by atoms with E-state index in [0.717, 1.165) is 39.1 Å². The van der Waals surface area contributed by atoms with E-state index in [4.69, 9.17) is 0 Å². The van der Waals surface area contributed by atoms with Crippen molar-refractivity contribution in [2.24, 2.45) is 0 Å². The van der Waals surface area contributed by atoms with Crippen LogP contribution in [-0.2, 0) is 5.41 Å². The Morgan fingerprint density at radius 3 is 1.85 bits per heavy atom. The Labute approximate surface area is 304 Å². The molecule has 0 amide bonds. The highest BCUT2D eigenvalue weighted by Crippen LogP contribution is 2.56. The second-order valence-corrected chi connectivity index (χ2v) is 14.3. The first kappa shape index (κ1) is 30.6. The van der Waals surface area contributed by atoms with Gasteiger partial charge in [-0.15, -0.1) is 0 Å². The number of fused-ring (bicyclic) bond motifs is 6. The van der Waals surface area contributed by atoms with Crippen molar-refractivity contribution in [3.63, 3.8) is 0 Å². The summed E-state index contributed by atoms with van der Waals surface area (Å²) in [6.07, 6.45) is 15.1. The summed E-state index contributed by atoms with van der Waals surface area (Å²) in [5.41, 5.74) is 17.2. The van der Waals surface area contributed by atoms with E-state index in [-0.39, 0.29) is 5.41 Å². The summed E-state index contributed by atoms with van der Waals surface area (Å²) < 4.78 is 0. The van der Waals surface area contributed by atoms with E-state index in [1.54, 1.807) is 18.9 Å². The zero-order chi connectivity index (χ0) is 34.5. The fourth-order valence-electron chi connectivity index (χ4n) is 9.00. The van der Waals surface area contributed by atoms with Gasteiger partial charge in [0.05, 0.1) is 5.69 Å². The smallest absolute Gasteiger partial charge is 0.116 e. The van der Waals surface area contributed by atoms with Crippen LogP contribution in [0.1, 0.15) is 43.2 Å². The van der Waals surface area contributed by atoms with Gasteiger partial charge in [0, 0.05) is 35.1 Å². The van der Waals surface area contributed by atoms with Crippen LogP contribution in [0.5, 0.6) is 0 Å². The van der Waals surface area contributed by atoms with Gasteiger partial charge >= 0.3 is 0 Å². The fraction of sp³-hybridized carbons (Fsp3) is 0.125. The molecule has 2 heterocycles. The molecule has 0 bridgehead atoms. The molecule has 52 heavy (non-hydrogen) atoms. The predicted octanol–water partition coefficient (Wildman–Crippen LogP) is 12.0. The first-order valence-corrected chi connectivity index (χ1v) is 18.3. The Hall–Kier alpha value is -6.26. The van der Waals surface area contributed by atoms with E-state index in [0.29, 0.717) is 0 Å². The van der Waals surface area contributed by atoms with Gasteiger partial charge in [0.2, 0.25) is 0 Å². The van der Waals surface area contributed by atoms with E-state index in [1.807, 2.05) is 18.5 Å². The largest absolute Gasteiger partial charge is 0.245 e. The molecule has 1 saturated carbocycles. The molecule has 8 aromatic rings. The number of nitrogens with zero attached hydrogens (tertiary/aromatic N) is 4. The van der Waals surface area contributed by atoms with Crippen LogP contribution in [0.2, 0.25) is 0 Å². The molecule has 0 N–H and O–H groups in total. The molecule has 6 aromatic carbocycles. The highest BCUT2D eigenvalue weighted by atomic mass is 14.8. The summed E-state index contributed by atoms with van der Waals surface area (Å²) in [7, 11) is 0. The van der Waals surface area contributed by atoms with Crippen molar-refractivity contribution in [3.05, 3.63) is 170 Å². The Morgan fingerprint density at radius 2 is 1.06 bits per heavy atom. The standard InChI is InChI=1S/C48H36N4/c1-6-20-48(21-7-1)45-14-5-4-13-43(45)44-16-15-33(27-46(44)48)39-17-18-40(42-12-3-2-11-41(39)42)37-25-35(24-36(26-37)38-28-50-30-51-29-38)32-9-8-10-34(23-32)47-19-22-49-31-52-47/h2-5,8-19,22-31H,1,6-7,20-21H2. The first-order valence-electron chi connectivity index (χ1n) is 18.3. The van der Waals surface area contributed by atoms with Gasteiger partial charge in [-0.1, -0.05) is 110 Å². The topological polar surface area (TPSA) is 51.6 Å². The van der Waals surface area contributed by atoms with E-state index in [2.05, 4.69) is 141 Å². The zero-order valence-electron chi connectivity index (χ0n) is 28.8. The molecule has 2 aromatic heterocycles. The second kappa shape index (κ2) is 12.5. The van der Waals surface area contributed by atoms with Crippen molar-refractivity contribution in [2.45, 2.75) is 37.5 Å². The van der Waals surface area contributed by atoms with Gasteiger partial charge in [0.25, 0.3) is 0 Å². The minimum Gasteiger partial charge on any atom is -0.245 e. The summed E-state index contributed by atoms with van der Waals surface area (Å²) in [5, 5.41) is 2.49. The lowest BCUT2D eigenvalue weighted by Gasteiger charge is -2.36.